The number of imidazole rings is 1. The Labute approximate surface area is 184 Å². The topological polar surface area (TPSA) is 126 Å². The highest BCUT2D eigenvalue weighted by Gasteiger charge is 2.44. The highest BCUT2D eigenvalue weighted by atomic mass is 32.2. The maximum absolute atomic E-state index is 10.5. The third-order valence-corrected chi connectivity index (χ3v) is 6.16. The van der Waals surface area contributed by atoms with E-state index in [-0.39, 0.29) is 0 Å². The summed E-state index contributed by atoms with van der Waals surface area (Å²) in [6, 6.07) is 9.99. The lowest BCUT2D eigenvalue weighted by molar-refractivity contribution is -0.0511. The van der Waals surface area contributed by atoms with Crippen molar-refractivity contribution in [3.8, 4) is 0 Å². The first kappa shape index (κ1) is 22.0. The molecule has 3 aromatic rings. The summed E-state index contributed by atoms with van der Waals surface area (Å²) in [6.45, 7) is 2.32. The minimum atomic E-state index is -1.21. The number of ether oxygens (including phenoxy) is 1. The van der Waals surface area contributed by atoms with Gasteiger partial charge in [-0.3, -0.25) is 4.57 Å². The molecule has 4 rings (SSSR count). The normalized spacial score (nSPS) is 23.5. The van der Waals surface area contributed by atoms with Crippen LogP contribution in [-0.4, -0.2) is 65.5 Å². The van der Waals surface area contributed by atoms with Gasteiger partial charge in [-0.2, -0.15) is 0 Å². The highest BCUT2D eigenvalue weighted by molar-refractivity contribution is 7.99. The van der Waals surface area contributed by atoms with Gasteiger partial charge in [0.05, 0.1) is 12.9 Å². The summed E-state index contributed by atoms with van der Waals surface area (Å²) in [5.41, 5.74) is 2.16. The fourth-order valence-electron chi connectivity index (χ4n) is 3.47. The Morgan fingerprint density at radius 1 is 1.16 bits per heavy atom. The molecule has 1 aliphatic rings. The fourth-order valence-corrected chi connectivity index (χ4v) is 4.39. The quantitative estimate of drug-likeness (QED) is 0.222. The van der Waals surface area contributed by atoms with Crippen LogP contribution < -0.4 is 5.32 Å². The number of nitrogens with one attached hydrogen (secondary N) is 1. The Hall–Kier alpha value is -2.24. The van der Waals surface area contributed by atoms with E-state index in [0.717, 1.165) is 24.2 Å². The van der Waals surface area contributed by atoms with Crippen LogP contribution in [0.15, 0.2) is 41.8 Å². The van der Waals surface area contributed by atoms with Crippen LogP contribution in [0.5, 0.6) is 0 Å². The molecule has 1 fully saturated rings. The van der Waals surface area contributed by atoms with Crippen LogP contribution in [0.2, 0.25) is 0 Å². The predicted octanol–water partition coefficient (Wildman–Crippen LogP) is 1.94. The Kier molecular flexibility index (Phi) is 7.03. The van der Waals surface area contributed by atoms with Gasteiger partial charge in [0.15, 0.2) is 28.4 Å². The molecule has 4 atom stereocenters. The van der Waals surface area contributed by atoms with Crippen LogP contribution in [0.3, 0.4) is 0 Å². The molecule has 9 nitrogen and oxygen atoms in total. The Balaban J connectivity index is 1.67. The molecule has 0 aliphatic carbocycles. The van der Waals surface area contributed by atoms with E-state index in [2.05, 4.69) is 27.2 Å². The van der Waals surface area contributed by atoms with Crippen molar-refractivity contribution in [3.05, 3.63) is 42.2 Å². The maximum Gasteiger partial charge on any atom is 0.191 e. The van der Waals surface area contributed by atoms with Crippen LogP contribution >= 0.6 is 11.8 Å². The van der Waals surface area contributed by atoms with Gasteiger partial charge < -0.3 is 25.4 Å². The summed E-state index contributed by atoms with van der Waals surface area (Å²) < 4.78 is 7.28. The summed E-state index contributed by atoms with van der Waals surface area (Å²) >= 11 is 1.56. The first-order valence-corrected chi connectivity index (χ1v) is 11.4. The zero-order valence-electron chi connectivity index (χ0n) is 17.3. The van der Waals surface area contributed by atoms with Gasteiger partial charge in [-0.15, -0.1) is 0 Å². The van der Waals surface area contributed by atoms with E-state index in [4.69, 9.17) is 4.74 Å². The maximum atomic E-state index is 10.5. The van der Waals surface area contributed by atoms with Crippen molar-refractivity contribution in [2.24, 2.45) is 0 Å². The van der Waals surface area contributed by atoms with Crippen LogP contribution in [0.4, 0.5) is 5.82 Å². The van der Waals surface area contributed by atoms with Gasteiger partial charge in [-0.05, 0) is 12.0 Å². The average molecular weight is 446 g/mol. The van der Waals surface area contributed by atoms with Crippen molar-refractivity contribution in [2.75, 3.05) is 17.7 Å². The smallest absolute Gasteiger partial charge is 0.191 e. The minimum absolute atomic E-state index is 0.391. The number of hydrogen-bond acceptors (Lipinski definition) is 9. The van der Waals surface area contributed by atoms with Gasteiger partial charge in [-0.25, -0.2) is 15.0 Å². The molecule has 166 valence electrons. The van der Waals surface area contributed by atoms with E-state index in [1.165, 1.54) is 6.33 Å². The molecule has 0 radical (unpaired) electrons. The second-order valence-electron chi connectivity index (χ2n) is 7.45. The lowest BCUT2D eigenvalue weighted by Gasteiger charge is -2.17. The minimum Gasteiger partial charge on any atom is -0.394 e. The number of aliphatic hydroxyl groups is 3. The summed E-state index contributed by atoms with van der Waals surface area (Å²) in [7, 11) is 0. The number of unbranched alkanes of at least 4 members (excludes halogenated alkanes) is 1. The average Bonchev–Trinajstić information content (AvgIpc) is 3.34. The number of fused-ring (bicyclic) bond motifs is 1. The van der Waals surface area contributed by atoms with E-state index in [0.29, 0.717) is 28.7 Å². The molecule has 2 aromatic heterocycles. The number of anilines is 1. The predicted molar refractivity (Wildman–Crippen MR) is 118 cm³/mol. The zero-order valence-corrected chi connectivity index (χ0v) is 18.1. The molecule has 0 bridgehead atoms. The SMILES string of the molecule is CCCCSc1nc(NCc2ccccc2)c2ncn([C@@H]3O[C@H](CO)[C@@H](O)[C@H]3O)c2n1. The Bertz CT molecular complexity index is 1000. The van der Waals surface area contributed by atoms with Crippen LogP contribution in [0.25, 0.3) is 11.2 Å². The number of rotatable bonds is 9. The number of thioether (sulfide) groups is 1. The van der Waals surface area contributed by atoms with E-state index in [9.17, 15) is 15.3 Å². The van der Waals surface area contributed by atoms with Crippen molar-refractivity contribution in [2.45, 2.75) is 56.0 Å². The molecule has 1 aliphatic heterocycles. The number of nitrogens with zero attached hydrogens (tertiary/aromatic N) is 4. The van der Waals surface area contributed by atoms with E-state index >= 15 is 0 Å². The van der Waals surface area contributed by atoms with E-state index in [1.54, 1.807) is 16.3 Å². The fraction of sp³-hybridized carbons (Fsp3) is 0.476. The van der Waals surface area contributed by atoms with Gasteiger partial charge in [0.25, 0.3) is 0 Å². The van der Waals surface area contributed by atoms with Gasteiger partial charge in [-0.1, -0.05) is 55.4 Å². The molecule has 10 heteroatoms. The summed E-state index contributed by atoms with van der Waals surface area (Å²) in [5.74, 6) is 1.49. The molecule has 0 saturated carbocycles. The van der Waals surface area contributed by atoms with Crippen molar-refractivity contribution in [1.29, 1.82) is 0 Å². The van der Waals surface area contributed by atoms with Crippen molar-refractivity contribution < 1.29 is 20.1 Å². The van der Waals surface area contributed by atoms with Crippen LogP contribution in [0, 0.1) is 0 Å². The van der Waals surface area contributed by atoms with Crippen LogP contribution in [-0.2, 0) is 11.3 Å². The molecule has 0 spiro atoms. The van der Waals surface area contributed by atoms with Crippen molar-refractivity contribution in [3.63, 3.8) is 0 Å². The zero-order chi connectivity index (χ0) is 21.8. The molecule has 1 saturated heterocycles. The first-order valence-electron chi connectivity index (χ1n) is 10.4. The van der Waals surface area contributed by atoms with E-state index < -0.39 is 31.1 Å². The van der Waals surface area contributed by atoms with Gasteiger partial charge in [0.1, 0.15) is 18.3 Å². The monoisotopic (exact) mass is 445 g/mol. The number of aromatic nitrogens is 4. The molecular weight excluding hydrogens is 418 g/mol. The second kappa shape index (κ2) is 9.92. The largest absolute Gasteiger partial charge is 0.394 e. The van der Waals surface area contributed by atoms with Crippen molar-refractivity contribution in [1.82, 2.24) is 19.5 Å². The number of hydrogen-bond donors (Lipinski definition) is 4. The van der Waals surface area contributed by atoms with Crippen LogP contribution in [0.1, 0.15) is 31.6 Å². The third-order valence-electron chi connectivity index (χ3n) is 5.22. The van der Waals surface area contributed by atoms with E-state index in [1.807, 2.05) is 30.3 Å². The number of aliphatic hydroxyl groups excluding tert-OH is 3. The molecule has 1 aromatic carbocycles. The molecule has 3 heterocycles. The lowest BCUT2D eigenvalue weighted by Crippen LogP contribution is -2.33. The second-order valence-corrected chi connectivity index (χ2v) is 8.51. The molecular formula is C21H27N5O4S. The summed E-state index contributed by atoms with van der Waals surface area (Å²) in [4.78, 5) is 13.8. The van der Waals surface area contributed by atoms with Crippen molar-refractivity contribution >= 4 is 28.7 Å². The van der Waals surface area contributed by atoms with Gasteiger partial charge in [0.2, 0.25) is 0 Å². The molecule has 0 unspecified atom stereocenters. The summed E-state index contributed by atoms with van der Waals surface area (Å²) in [6.07, 6.45) is -0.518. The standard InChI is InChI=1S/C21H27N5O4S/c1-2-3-9-31-21-24-18(22-10-13-7-5-4-6-8-13)15-19(25-21)26(12-23-15)20-17(29)16(28)14(11-27)30-20/h4-8,12,14,16-17,20,27-29H,2-3,9-11H2,1H3,(H,22,24,25)/t14-,16-,17-,20-/m1/s1. The third kappa shape index (κ3) is 4.68. The highest BCUT2D eigenvalue weighted by Crippen LogP contribution is 2.33. The number of benzene rings is 1. The summed E-state index contributed by atoms with van der Waals surface area (Å²) in [5, 5.41) is 34.0. The van der Waals surface area contributed by atoms with Gasteiger partial charge >= 0.3 is 0 Å². The first-order chi connectivity index (χ1) is 15.1. The Morgan fingerprint density at radius 3 is 2.68 bits per heavy atom. The lowest BCUT2D eigenvalue weighted by atomic mass is 10.1. The molecule has 0 amide bonds. The van der Waals surface area contributed by atoms with Gasteiger partial charge in [0, 0.05) is 12.3 Å². The molecule has 31 heavy (non-hydrogen) atoms. The Morgan fingerprint density at radius 2 is 1.97 bits per heavy atom. The molecule has 4 N–H and O–H groups in total.